The zero-order chi connectivity index (χ0) is 29.0. The number of nitrogens with zero attached hydrogens (tertiary/aromatic N) is 4. The Morgan fingerprint density at radius 2 is 1.97 bits per heavy atom. The number of thiazole rings is 1. The van der Waals surface area contributed by atoms with Crippen molar-refractivity contribution in [1.29, 1.82) is 0 Å². The molecule has 4 aromatic rings. The number of ether oxygens (including phenoxy) is 1. The summed E-state index contributed by atoms with van der Waals surface area (Å²) < 4.78 is 66.6. The van der Waals surface area contributed by atoms with E-state index in [4.69, 9.17) is 19.1 Å². The number of hydrogen-bond acceptors (Lipinski definition) is 7. The maximum absolute atomic E-state index is 16.2. The first kappa shape index (κ1) is 23.8. The van der Waals surface area contributed by atoms with Gasteiger partial charge in [-0.1, -0.05) is 11.6 Å². The third kappa shape index (κ3) is 4.93. The fourth-order valence-electron chi connectivity index (χ4n) is 4.08. The van der Waals surface area contributed by atoms with Gasteiger partial charge in [-0.15, -0.1) is 11.3 Å². The number of rotatable bonds is 5. The molecule has 1 aliphatic heterocycles. The molecule has 5 rings (SSSR count). The van der Waals surface area contributed by atoms with E-state index in [0.29, 0.717) is 49.2 Å². The van der Waals surface area contributed by atoms with Gasteiger partial charge in [0.25, 0.3) is 5.56 Å². The van der Waals surface area contributed by atoms with Crippen LogP contribution in [-0.2, 0) is 25.0 Å². The molecule has 0 saturated carbocycles. The Labute approximate surface area is 227 Å². The predicted molar refractivity (Wildman–Crippen MR) is 136 cm³/mol. The van der Waals surface area contributed by atoms with Gasteiger partial charge in [0.1, 0.15) is 45.1 Å². The van der Waals surface area contributed by atoms with Gasteiger partial charge in [0.05, 0.1) is 20.3 Å². The molecule has 198 valence electrons. The zero-order valence-corrected chi connectivity index (χ0v) is 21.8. The van der Waals surface area contributed by atoms with Crippen LogP contribution in [0.15, 0.2) is 34.7 Å². The average molecular weight is 565 g/mol. The Hall–Kier alpha value is -3.28. The molecule has 0 aliphatic carbocycles. The van der Waals surface area contributed by atoms with E-state index in [9.17, 15) is 18.7 Å². The van der Waals surface area contributed by atoms with Gasteiger partial charge in [-0.3, -0.25) is 19.3 Å². The van der Waals surface area contributed by atoms with Gasteiger partial charge >= 0.3 is 0 Å². The Balaban J connectivity index is 1.64. The molecule has 1 aliphatic rings. The maximum atomic E-state index is 16.2. The van der Waals surface area contributed by atoms with Crippen LogP contribution < -0.4 is 10.3 Å². The van der Waals surface area contributed by atoms with Crippen molar-refractivity contribution in [2.45, 2.75) is 51.7 Å². The van der Waals surface area contributed by atoms with Crippen LogP contribution in [0.2, 0.25) is 5.02 Å². The molecular weight excluding hydrogens is 541 g/mol. The molecule has 0 aromatic carbocycles. The first-order chi connectivity index (χ1) is 18.8. The molecule has 5 heterocycles. The van der Waals surface area contributed by atoms with Crippen LogP contribution in [0.5, 0.6) is 5.75 Å². The lowest BCUT2D eigenvalue weighted by molar-refractivity contribution is 0.0746. The van der Waals surface area contributed by atoms with E-state index >= 15 is 4.39 Å². The van der Waals surface area contributed by atoms with E-state index in [0.717, 1.165) is 15.9 Å². The third-order valence-electron chi connectivity index (χ3n) is 6.01. The lowest BCUT2D eigenvalue weighted by Gasteiger charge is -2.22. The monoisotopic (exact) mass is 564 g/mol. The molecule has 0 radical (unpaired) electrons. The average Bonchev–Trinajstić information content (AvgIpc) is 3.35. The van der Waals surface area contributed by atoms with Crippen molar-refractivity contribution in [3.63, 3.8) is 0 Å². The Morgan fingerprint density at radius 1 is 1.21 bits per heavy atom. The molecular formula is C26H22ClF3N4O3S. The molecule has 0 amide bonds. The topological polar surface area (TPSA) is 90.1 Å². The molecule has 7 nitrogen and oxygen atoms in total. The van der Waals surface area contributed by atoms with Crippen LogP contribution >= 0.6 is 22.9 Å². The number of aryl methyl sites for hydroxylation is 2. The van der Waals surface area contributed by atoms with E-state index in [1.165, 1.54) is 12.3 Å². The summed E-state index contributed by atoms with van der Waals surface area (Å²) in [4.78, 5) is 25.6. The highest BCUT2D eigenvalue weighted by atomic mass is 35.5. The highest BCUT2D eigenvalue weighted by Gasteiger charge is 2.27. The summed E-state index contributed by atoms with van der Waals surface area (Å²) in [7, 11) is 0. The minimum Gasteiger partial charge on any atom is -0.485 e. The van der Waals surface area contributed by atoms with Crippen LogP contribution in [0.4, 0.5) is 13.2 Å². The molecule has 0 bridgehead atoms. The quantitative estimate of drug-likeness (QED) is 0.344. The fourth-order valence-corrected chi connectivity index (χ4v) is 5.23. The van der Waals surface area contributed by atoms with Crippen molar-refractivity contribution >= 4 is 22.9 Å². The first-order valence-corrected chi connectivity index (χ1v) is 12.8. The summed E-state index contributed by atoms with van der Waals surface area (Å²) in [6, 6.07) is 1.76. The van der Waals surface area contributed by atoms with Crippen LogP contribution in [0, 0.1) is 17.5 Å². The highest BCUT2D eigenvalue weighted by molar-refractivity contribution is 7.13. The molecule has 0 atom stereocenters. The van der Waals surface area contributed by atoms with Gasteiger partial charge in [-0.05, 0) is 45.1 Å². The van der Waals surface area contributed by atoms with Crippen molar-refractivity contribution in [3.05, 3.63) is 85.4 Å². The van der Waals surface area contributed by atoms with Crippen LogP contribution in [0.25, 0.3) is 16.4 Å². The van der Waals surface area contributed by atoms with E-state index in [-0.39, 0.29) is 22.1 Å². The summed E-state index contributed by atoms with van der Waals surface area (Å²) in [6.45, 7) is 0.185. The van der Waals surface area contributed by atoms with E-state index in [1.807, 2.05) is 0 Å². The molecule has 1 N–H and O–H groups in total. The predicted octanol–water partition coefficient (Wildman–Crippen LogP) is 5.51. The second kappa shape index (κ2) is 10.1. The lowest BCUT2D eigenvalue weighted by Crippen LogP contribution is -2.27. The number of halogens is 4. The fraction of sp³-hybridized carbons (Fsp3) is 0.308. The van der Waals surface area contributed by atoms with Gasteiger partial charge in [-0.2, -0.15) is 0 Å². The van der Waals surface area contributed by atoms with Crippen LogP contribution in [0.1, 0.15) is 52.1 Å². The summed E-state index contributed by atoms with van der Waals surface area (Å²) in [5, 5.41) is 11.5. The second-order valence-electron chi connectivity index (χ2n) is 9.24. The zero-order valence-electron chi connectivity index (χ0n) is 22.2. The number of fused-ring (bicyclic) bond motifs is 3. The first-order valence-electron chi connectivity index (χ1n) is 12.6. The molecule has 0 fully saturated rings. The van der Waals surface area contributed by atoms with Crippen LogP contribution in [-0.4, -0.2) is 24.6 Å². The molecule has 0 spiro atoms. The van der Waals surface area contributed by atoms with Crippen molar-refractivity contribution < 1.29 is 25.8 Å². The summed E-state index contributed by atoms with van der Waals surface area (Å²) >= 11 is 7.43. The standard InChI is InChI=1S/C26H22ClF3N4O3S/c1-26(2,36)19-12-38-24(33-19)22-21(30)23-13(9-32-22)5-3-4-6-15-8-18(20(27)25(35)34(15)23)37-11-17-16(29)7-14(28)10-31-17/h7-10,12,36H,3-6,11H2,1-2H3/i11D2. The second-order valence-corrected chi connectivity index (χ2v) is 10.5. The summed E-state index contributed by atoms with van der Waals surface area (Å²) in [6.07, 6.45) is 4.09. The number of pyridine rings is 3. The van der Waals surface area contributed by atoms with Crippen molar-refractivity contribution in [2.75, 3.05) is 0 Å². The largest absolute Gasteiger partial charge is 0.485 e. The van der Waals surface area contributed by atoms with Gasteiger partial charge in [0, 0.05) is 29.4 Å². The molecule has 0 saturated heterocycles. The van der Waals surface area contributed by atoms with Crippen molar-refractivity contribution in [1.82, 2.24) is 19.5 Å². The Bertz CT molecular complexity index is 1690. The molecule has 4 aromatic heterocycles. The SMILES string of the molecule is [2H]C([2H])(Oc1cc2n(c(=O)c1Cl)-c1c(cnc(-c3nc(C(C)(C)O)cs3)c1F)CCCC2)c1ncc(F)cc1F. The summed E-state index contributed by atoms with van der Waals surface area (Å²) in [5.74, 6) is -3.50. The van der Waals surface area contributed by atoms with Gasteiger partial charge in [0.15, 0.2) is 11.6 Å². The third-order valence-corrected chi connectivity index (χ3v) is 7.21. The van der Waals surface area contributed by atoms with E-state index < -0.39 is 51.6 Å². The highest BCUT2D eigenvalue weighted by Crippen LogP contribution is 2.35. The van der Waals surface area contributed by atoms with E-state index in [1.54, 1.807) is 19.2 Å². The van der Waals surface area contributed by atoms with Gasteiger partial charge < -0.3 is 9.84 Å². The number of aromatic nitrogens is 4. The maximum Gasteiger partial charge on any atom is 0.278 e. The minimum absolute atomic E-state index is 0.0626. The number of hydrogen-bond donors (Lipinski definition) is 1. The Morgan fingerprint density at radius 3 is 2.68 bits per heavy atom. The van der Waals surface area contributed by atoms with Crippen molar-refractivity contribution in [3.8, 4) is 22.1 Å². The molecule has 0 unspecified atom stereocenters. The lowest BCUT2D eigenvalue weighted by atomic mass is 10.0. The van der Waals surface area contributed by atoms with Gasteiger partial charge in [0.2, 0.25) is 0 Å². The normalized spacial score (nSPS) is 14.6. The number of aliphatic hydroxyl groups is 1. The van der Waals surface area contributed by atoms with Crippen molar-refractivity contribution in [2.24, 2.45) is 0 Å². The Kier molecular flexibility index (Phi) is 6.34. The summed E-state index contributed by atoms with van der Waals surface area (Å²) in [5.41, 5.74) is -2.06. The minimum atomic E-state index is -2.92. The smallest absolute Gasteiger partial charge is 0.278 e. The molecule has 12 heteroatoms. The van der Waals surface area contributed by atoms with Crippen LogP contribution in [0.3, 0.4) is 0 Å². The van der Waals surface area contributed by atoms with Gasteiger partial charge in [-0.25, -0.2) is 18.2 Å². The molecule has 38 heavy (non-hydrogen) atoms. The van der Waals surface area contributed by atoms with E-state index in [2.05, 4.69) is 15.0 Å².